The third kappa shape index (κ3) is 2.00. The first kappa shape index (κ1) is 13.2. The zero-order valence-electron chi connectivity index (χ0n) is 10.7. The Balaban J connectivity index is 1.91. The lowest BCUT2D eigenvalue weighted by atomic mass is 10.1. The number of likely N-dealkylation sites (tertiary alicyclic amines) is 1. The van der Waals surface area contributed by atoms with Crippen LogP contribution in [0.1, 0.15) is 16.8 Å². The number of fused-ring (bicyclic) bond motifs is 1. The molecule has 0 spiro atoms. The number of hydrogen-bond donors (Lipinski definition) is 1. The fourth-order valence-corrected chi connectivity index (χ4v) is 3.02. The van der Waals surface area contributed by atoms with Crippen LogP contribution >= 0.6 is 11.6 Å². The van der Waals surface area contributed by atoms with Crippen LogP contribution in [0.5, 0.6) is 5.88 Å². The molecule has 1 aliphatic carbocycles. The van der Waals surface area contributed by atoms with Crippen molar-refractivity contribution in [3.8, 4) is 5.88 Å². The number of amides is 1. The lowest BCUT2D eigenvalue weighted by Gasteiger charge is -2.24. The van der Waals surface area contributed by atoms with Crippen molar-refractivity contribution in [3.63, 3.8) is 0 Å². The van der Waals surface area contributed by atoms with Crippen LogP contribution in [0.2, 0.25) is 5.02 Å². The van der Waals surface area contributed by atoms with Crippen molar-refractivity contribution in [2.75, 3.05) is 13.7 Å². The Morgan fingerprint density at radius 2 is 2.30 bits per heavy atom. The normalized spacial score (nSPS) is 27.1. The second kappa shape index (κ2) is 4.63. The molecule has 2 aliphatic rings. The number of ether oxygens (including phenoxy) is 1. The first-order valence-electron chi connectivity index (χ1n) is 6.26. The summed E-state index contributed by atoms with van der Waals surface area (Å²) in [5.74, 6) is -0.675. The highest BCUT2D eigenvalue weighted by atomic mass is 35.5. The maximum absolute atomic E-state index is 12.5. The molecule has 0 unspecified atom stereocenters. The van der Waals surface area contributed by atoms with Crippen molar-refractivity contribution < 1.29 is 19.4 Å². The minimum atomic E-state index is -0.958. The Morgan fingerprint density at radius 3 is 2.95 bits per heavy atom. The van der Waals surface area contributed by atoms with Gasteiger partial charge in [0.1, 0.15) is 6.04 Å². The van der Waals surface area contributed by atoms with Crippen LogP contribution in [0.4, 0.5) is 0 Å². The van der Waals surface area contributed by atoms with Crippen LogP contribution in [0.3, 0.4) is 0 Å². The van der Waals surface area contributed by atoms with Crippen molar-refractivity contribution >= 4 is 23.5 Å². The molecule has 1 saturated carbocycles. The summed E-state index contributed by atoms with van der Waals surface area (Å²) in [6, 6.07) is 0.691. The van der Waals surface area contributed by atoms with E-state index in [1.165, 1.54) is 24.3 Å². The fourth-order valence-electron chi connectivity index (χ4n) is 2.84. The highest BCUT2D eigenvalue weighted by Gasteiger charge is 2.57. The molecule has 0 aromatic carbocycles. The summed E-state index contributed by atoms with van der Waals surface area (Å²) in [5, 5.41) is 9.48. The first-order valence-corrected chi connectivity index (χ1v) is 6.64. The van der Waals surface area contributed by atoms with Crippen LogP contribution in [0.15, 0.2) is 12.3 Å². The predicted octanol–water partition coefficient (Wildman–Crippen LogP) is 1.29. The van der Waals surface area contributed by atoms with Gasteiger partial charge >= 0.3 is 5.97 Å². The summed E-state index contributed by atoms with van der Waals surface area (Å²) in [7, 11) is 1.44. The highest BCUT2D eigenvalue weighted by Crippen LogP contribution is 2.50. The SMILES string of the molecule is COc1cc(C(=O)N2C[C@@H]3C[C@@H]3[C@@H]2C(=O)O)c(Cl)cn1. The van der Waals surface area contributed by atoms with Gasteiger partial charge < -0.3 is 14.7 Å². The standard InChI is InChI=1S/C13H13ClN2O4/c1-20-10-3-8(9(14)4-15-10)12(17)16-5-6-2-7(6)11(16)13(18)19/h3-4,6-7,11H,2,5H2,1H3,(H,18,19)/t6-,7-,11+/m0/s1. The lowest BCUT2D eigenvalue weighted by Crippen LogP contribution is -2.43. The molecular formula is C13H13ClN2O4. The maximum atomic E-state index is 12.5. The summed E-state index contributed by atoms with van der Waals surface area (Å²) < 4.78 is 4.97. The molecule has 3 rings (SSSR count). The van der Waals surface area contributed by atoms with Gasteiger partial charge in [0.2, 0.25) is 5.88 Å². The van der Waals surface area contributed by atoms with Gasteiger partial charge in [-0.2, -0.15) is 0 Å². The summed E-state index contributed by atoms with van der Waals surface area (Å²) in [6.45, 7) is 0.474. The smallest absolute Gasteiger partial charge is 0.326 e. The minimum absolute atomic E-state index is 0.0824. The molecule has 6 nitrogen and oxygen atoms in total. The monoisotopic (exact) mass is 296 g/mol. The molecule has 1 saturated heterocycles. The number of methoxy groups -OCH3 is 1. The number of rotatable bonds is 3. The van der Waals surface area contributed by atoms with Crippen LogP contribution in [0, 0.1) is 11.8 Å². The maximum Gasteiger partial charge on any atom is 0.326 e. The lowest BCUT2D eigenvalue weighted by molar-refractivity contribution is -0.142. The minimum Gasteiger partial charge on any atom is -0.481 e. The van der Waals surface area contributed by atoms with Gasteiger partial charge in [-0.25, -0.2) is 9.78 Å². The quantitative estimate of drug-likeness (QED) is 0.909. The second-order valence-electron chi connectivity index (χ2n) is 5.11. The number of hydrogen-bond acceptors (Lipinski definition) is 4. The molecule has 0 radical (unpaired) electrons. The van der Waals surface area contributed by atoms with Crippen molar-refractivity contribution in [1.29, 1.82) is 0 Å². The van der Waals surface area contributed by atoms with Crippen molar-refractivity contribution in [2.24, 2.45) is 11.8 Å². The highest BCUT2D eigenvalue weighted by molar-refractivity contribution is 6.33. The summed E-state index contributed by atoms with van der Waals surface area (Å²) in [6.07, 6.45) is 2.22. The average Bonchev–Trinajstić information content (AvgIpc) is 3.08. The van der Waals surface area contributed by atoms with Gasteiger partial charge in [0.15, 0.2) is 0 Å². The van der Waals surface area contributed by atoms with Crippen molar-refractivity contribution in [1.82, 2.24) is 9.88 Å². The van der Waals surface area contributed by atoms with E-state index in [-0.39, 0.29) is 28.3 Å². The molecule has 20 heavy (non-hydrogen) atoms. The van der Waals surface area contributed by atoms with E-state index in [1.807, 2.05) is 0 Å². The molecular weight excluding hydrogens is 284 g/mol. The van der Waals surface area contributed by atoms with E-state index < -0.39 is 12.0 Å². The van der Waals surface area contributed by atoms with E-state index in [2.05, 4.69) is 4.98 Å². The van der Waals surface area contributed by atoms with E-state index >= 15 is 0 Å². The summed E-state index contributed by atoms with van der Waals surface area (Å²) in [5.41, 5.74) is 0.228. The number of halogens is 1. The van der Waals surface area contributed by atoms with Gasteiger partial charge in [-0.05, 0) is 18.3 Å². The van der Waals surface area contributed by atoms with Gasteiger partial charge in [-0.15, -0.1) is 0 Å². The van der Waals surface area contributed by atoms with Gasteiger partial charge in [-0.1, -0.05) is 11.6 Å². The summed E-state index contributed by atoms with van der Waals surface area (Å²) in [4.78, 5) is 29.1. The van der Waals surface area contributed by atoms with Gasteiger partial charge in [0.25, 0.3) is 5.91 Å². The van der Waals surface area contributed by atoms with E-state index in [0.29, 0.717) is 12.5 Å². The Hall–Kier alpha value is -1.82. The average molecular weight is 297 g/mol. The molecule has 1 aromatic heterocycles. The molecule has 106 valence electrons. The Labute approximate surface area is 120 Å². The van der Waals surface area contributed by atoms with Crippen molar-refractivity contribution in [3.05, 3.63) is 22.8 Å². The Morgan fingerprint density at radius 1 is 1.55 bits per heavy atom. The second-order valence-corrected chi connectivity index (χ2v) is 5.51. The molecule has 1 aromatic rings. The number of carbonyl (C=O) groups excluding carboxylic acids is 1. The van der Waals surface area contributed by atoms with E-state index in [0.717, 1.165) is 6.42 Å². The third-order valence-electron chi connectivity index (χ3n) is 3.93. The predicted molar refractivity (Wildman–Crippen MR) is 69.9 cm³/mol. The fraction of sp³-hybridized carbons (Fsp3) is 0.462. The number of carboxylic acids is 1. The molecule has 1 aliphatic heterocycles. The first-order chi connectivity index (χ1) is 9.52. The Kier molecular flexibility index (Phi) is 3.05. The zero-order chi connectivity index (χ0) is 14.4. The number of nitrogens with zero attached hydrogens (tertiary/aromatic N) is 2. The third-order valence-corrected chi connectivity index (χ3v) is 4.23. The molecule has 0 bridgehead atoms. The van der Waals surface area contributed by atoms with E-state index in [4.69, 9.17) is 16.3 Å². The number of carboxylic acid groups (broad SMARTS) is 1. The van der Waals surface area contributed by atoms with Crippen LogP contribution in [-0.2, 0) is 4.79 Å². The van der Waals surface area contributed by atoms with Gasteiger partial charge in [-0.3, -0.25) is 4.79 Å². The van der Waals surface area contributed by atoms with Crippen LogP contribution in [-0.4, -0.2) is 46.6 Å². The van der Waals surface area contributed by atoms with Crippen LogP contribution in [0.25, 0.3) is 0 Å². The number of pyridine rings is 1. The molecule has 3 atom stereocenters. The molecule has 7 heteroatoms. The Bertz CT molecular complexity index is 592. The molecule has 2 fully saturated rings. The van der Waals surface area contributed by atoms with Crippen molar-refractivity contribution in [2.45, 2.75) is 12.5 Å². The van der Waals surface area contributed by atoms with Crippen LogP contribution < -0.4 is 4.74 Å². The topological polar surface area (TPSA) is 79.7 Å². The van der Waals surface area contributed by atoms with Gasteiger partial charge in [0, 0.05) is 12.6 Å². The van der Waals surface area contributed by atoms with E-state index in [9.17, 15) is 14.7 Å². The summed E-state index contributed by atoms with van der Waals surface area (Å²) >= 11 is 5.99. The number of carbonyl (C=O) groups is 2. The molecule has 1 N–H and O–H groups in total. The zero-order valence-corrected chi connectivity index (χ0v) is 11.5. The molecule has 1 amide bonds. The number of aliphatic carboxylic acids is 1. The number of piperidine rings is 1. The van der Waals surface area contributed by atoms with Gasteiger partial charge in [0.05, 0.1) is 23.9 Å². The van der Waals surface area contributed by atoms with E-state index in [1.54, 1.807) is 0 Å². The number of aromatic nitrogens is 1. The molecule has 2 heterocycles. The largest absolute Gasteiger partial charge is 0.481 e.